The summed E-state index contributed by atoms with van der Waals surface area (Å²) in [5, 5.41) is 10.2. The van der Waals surface area contributed by atoms with Gasteiger partial charge in [-0.1, -0.05) is 12.5 Å². The van der Waals surface area contributed by atoms with Crippen LogP contribution in [0.15, 0.2) is 23.1 Å². The molecule has 0 bridgehead atoms. The second kappa shape index (κ2) is 5.06. The molecule has 2 aliphatic rings. The van der Waals surface area contributed by atoms with Crippen LogP contribution in [0.4, 0.5) is 0 Å². The molecule has 0 amide bonds. The monoisotopic (exact) mass is 283 g/mol. The zero-order chi connectivity index (χ0) is 11.9. The Morgan fingerprint density at radius 3 is 2.61 bits per heavy atom. The molecule has 0 radical (unpaired) electrons. The topological polar surface area (TPSA) is 33.1 Å². The quantitative estimate of drug-likeness (QED) is 0.799. The molecule has 4 heteroatoms. The van der Waals surface area contributed by atoms with Gasteiger partial charge in [0.2, 0.25) is 5.90 Å². The van der Waals surface area contributed by atoms with Gasteiger partial charge in [-0.25, -0.2) is 0 Å². The van der Waals surface area contributed by atoms with E-state index in [0.29, 0.717) is 5.90 Å². The maximum Gasteiger partial charge on any atom is 0.215 e. The second-order valence-electron chi connectivity index (χ2n) is 4.96. The van der Waals surface area contributed by atoms with Crippen LogP contribution >= 0.6 is 23.7 Å². The molecular formula is C14H18ClNOS. The van der Waals surface area contributed by atoms with Crippen molar-refractivity contribution >= 4 is 35.2 Å². The lowest BCUT2D eigenvalue weighted by molar-refractivity contribution is 0.0649. The Bertz CT molecular complexity index is 472. The second-order valence-corrected chi connectivity index (χ2v) is 5.91. The molecule has 1 spiro atoms. The van der Waals surface area contributed by atoms with Gasteiger partial charge in [0.05, 0.1) is 5.57 Å². The minimum Gasteiger partial charge on any atom is -0.466 e. The van der Waals surface area contributed by atoms with E-state index < -0.39 is 0 Å². The van der Waals surface area contributed by atoms with E-state index in [-0.39, 0.29) is 18.0 Å². The van der Waals surface area contributed by atoms with Crippen molar-refractivity contribution < 1.29 is 4.74 Å². The Morgan fingerprint density at radius 1 is 1.28 bits per heavy atom. The molecule has 0 aromatic carbocycles. The van der Waals surface area contributed by atoms with Crippen LogP contribution in [0.2, 0.25) is 0 Å². The minimum atomic E-state index is -0.144. The fraction of sp³-hybridized carbons (Fsp3) is 0.500. The first-order valence-electron chi connectivity index (χ1n) is 6.26. The summed E-state index contributed by atoms with van der Waals surface area (Å²) < 4.78 is 5.95. The summed E-state index contributed by atoms with van der Waals surface area (Å²) in [6.45, 7) is 2.15. The van der Waals surface area contributed by atoms with E-state index >= 15 is 0 Å². The van der Waals surface area contributed by atoms with Crippen LogP contribution in [0.3, 0.4) is 0 Å². The molecule has 2 heterocycles. The Hall–Kier alpha value is -0.800. The van der Waals surface area contributed by atoms with E-state index in [9.17, 15) is 0 Å². The van der Waals surface area contributed by atoms with E-state index in [1.54, 1.807) is 11.3 Å². The van der Waals surface area contributed by atoms with E-state index in [1.165, 1.54) is 29.7 Å². The predicted octanol–water partition coefficient (Wildman–Crippen LogP) is 4.65. The van der Waals surface area contributed by atoms with Gasteiger partial charge >= 0.3 is 0 Å². The smallest absolute Gasteiger partial charge is 0.215 e. The van der Waals surface area contributed by atoms with Crippen molar-refractivity contribution in [1.82, 2.24) is 0 Å². The van der Waals surface area contributed by atoms with Crippen LogP contribution < -0.4 is 0 Å². The maximum atomic E-state index is 8.10. The number of nitrogens with one attached hydrogen (secondary N) is 1. The fourth-order valence-corrected chi connectivity index (χ4v) is 3.86. The van der Waals surface area contributed by atoms with Crippen molar-refractivity contribution in [1.29, 1.82) is 5.41 Å². The summed E-state index contributed by atoms with van der Waals surface area (Å²) in [5.74, 6) is 0.381. The van der Waals surface area contributed by atoms with Gasteiger partial charge < -0.3 is 4.74 Å². The van der Waals surface area contributed by atoms with Gasteiger partial charge in [-0.3, -0.25) is 5.41 Å². The molecule has 1 N–H and O–H groups in total. The lowest BCUT2D eigenvalue weighted by Crippen LogP contribution is -2.33. The van der Waals surface area contributed by atoms with Crippen LogP contribution in [-0.4, -0.2) is 11.5 Å². The predicted molar refractivity (Wildman–Crippen MR) is 78.8 cm³/mol. The standard InChI is InChI=1S/C14H17NOS.ClH/c1-10-12(11-6-5-9-17-11)13(15)16-14(10)7-3-2-4-8-14;/h5-6,9,15H,2-4,7-8H2,1H3;1H. The average Bonchev–Trinajstić information content (AvgIpc) is 2.90. The van der Waals surface area contributed by atoms with Crippen molar-refractivity contribution in [2.24, 2.45) is 0 Å². The highest BCUT2D eigenvalue weighted by Crippen LogP contribution is 2.46. The highest BCUT2D eigenvalue weighted by atomic mass is 35.5. The molecule has 0 atom stereocenters. The first-order valence-corrected chi connectivity index (χ1v) is 7.14. The van der Waals surface area contributed by atoms with Crippen molar-refractivity contribution in [3.05, 3.63) is 28.0 Å². The summed E-state index contributed by atoms with van der Waals surface area (Å²) in [5.41, 5.74) is 2.18. The molecule has 1 fully saturated rings. The molecule has 1 aliphatic heterocycles. The third kappa shape index (κ3) is 1.99. The molecule has 98 valence electrons. The number of hydrogen-bond acceptors (Lipinski definition) is 3. The number of rotatable bonds is 1. The van der Waals surface area contributed by atoms with Crippen LogP contribution in [0, 0.1) is 5.41 Å². The Kier molecular flexibility index (Phi) is 3.83. The van der Waals surface area contributed by atoms with Crippen LogP contribution in [-0.2, 0) is 4.74 Å². The molecule has 3 rings (SSSR count). The van der Waals surface area contributed by atoms with Crippen molar-refractivity contribution in [3.63, 3.8) is 0 Å². The third-order valence-corrected chi connectivity index (χ3v) is 4.90. The summed E-state index contributed by atoms with van der Waals surface area (Å²) >= 11 is 1.70. The molecular weight excluding hydrogens is 266 g/mol. The van der Waals surface area contributed by atoms with Gasteiger partial charge in [-0.15, -0.1) is 23.7 Å². The SMILES string of the molecule is CC1=C(c2cccs2)C(=N)OC12CCCCC2.Cl. The van der Waals surface area contributed by atoms with Crippen LogP contribution in [0.5, 0.6) is 0 Å². The Labute approximate surface area is 118 Å². The first-order chi connectivity index (χ1) is 8.23. The normalized spacial score (nSPS) is 21.9. The van der Waals surface area contributed by atoms with Gasteiger partial charge in [0.1, 0.15) is 5.60 Å². The summed E-state index contributed by atoms with van der Waals surface area (Å²) in [6, 6.07) is 4.13. The minimum absolute atomic E-state index is 0. The summed E-state index contributed by atoms with van der Waals surface area (Å²) in [7, 11) is 0. The molecule has 1 saturated carbocycles. The third-order valence-electron chi connectivity index (χ3n) is 4.01. The van der Waals surface area contributed by atoms with E-state index in [0.717, 1.165) is 18.4 Å². The number of halogens is 1. The Balaban J connectivity index is 0.00000120. The molecule has 1 aromatic heterocycles. The number of ether oxygens (including phenoxy) is 1. The molecule has 2 nitrogen and oxygen atoms in total. The average molecular weight is 284 g/mol. The Morgan fingerprint density at radius 2 is 2.00 bits per heavy atom. The molecule has 1 aromatic rings. The van der Waals surface area contributed by atoms with Gasteiger partial charge in [-0.2, -0.15) is 0 Å². The highest BCUT2D eigenvalue weighted by Gasteiger charge is 2.44. The zero-order valence-electron chi connectivity index (χ0n) is 10.5. The van der Waals surface area contributed by atoms with Gasteiger partial charge in [0, 0.05) is 4.88 Å². The van der Waals surface area contributed by atoms with Crippen molar-refractivity contribution in [3.8, 4) is 0 Å². The van der Waals surface area contributed by atoms with Crippen LogP contribution in [0.1, 0.15) is 43.9 Å². The lowest BCUT2D eigenvalue weighted by Gasteiger charge is -2.33. The van der Waals surface area contributed by atoms with E-state index in [4.69, 9.17) is 10.1 Å². The highest BCUT2D eigenvalue weighted by molar-refractivity contribution is 7.11. The van der Waals surface area contributed by atoms with Gasteiger partial charge in [0.15, 0.2) is 0 Å². The van der Waals surface area contributed by atoms with Gasteiger partial charge in [0.25, 0.3) is 0 Å². The van der Waals surface area contributed by atoms with Gasteiger partial charge in [-0.05, 0) is 49.6 Å². The number of thiophene rings is 1. The van der Waals surface area contributed by atoms with E-state index in [1.807, 2.05) is 6.07 Å². The van der Waals surface area contributed by atoms with Crippen LogP contribution in [0.25, 0.3) is 5.57 Å². The molecule has 1 aliphatic carbocycles. The maximum absolute atomic E-state index is 8.10. The first kappa shape index (κ1) is 13.6. The summed E-state index contributed by atoms with van der Waals surface area (Å²) in [4.78, 5) is 1.18. The zero-order valence-corrected chi connectivity index (χ0v) is 12.1. The van der Waals surface area contributed by atoms with E-state index in [2.05, 4.69) is 18.4 Å². The summed E-state index contributed by atoms with van der Waals surface area (Å²) in [6.07, 6.45) is 5.91. The fourth-order valence-electron chi connectivity index (χ4n) is 3.04. The van der Waals surface area contributed by atoms with Crippen molar-refractivity contribution in [2.75, 3.05) is 0 Å². The molecule has 18 heavy (non-hydrogen) atoms. The lowest BCUT2D eigenvalue weighted by atomic mass is 9.79. The number of hydrogen-bond donors (Lipinski definition) is 1. The van der Waals surface area contributed by atoms with Crippen molar-refractivity contribution in [2.45, 2.75) is 44.6 Å². The molecule has 0 unspecified atom stereocenters. The molecule has 0 saturated heterocycles. The largest absolute Gasteiger partial charge is 0.466 e.